The number of thiophene rings is 1. The number of nitrogens with zero attached hydrogens (tertiary/aromatic N) is 1. The number of hydrogen-bond acceptors (Lipinski definition) is 8. The van der Waals surface area contributed by atoms with Crippen molar-refractivity contribution in [2.24, 2.45) is 0 Å². The van der Waals surface area contributed by atoms with Gasteiger partial charge in [0.25, 0.3) is 5.91 Å². The molecule has 1 amide bonds. The summed E-state index contributed by atoms with van der Waals surface area (Å²) in [6, 6.07) is 17.1. The molecular formula is C32H38ClN3O6S2. The third-order valence-corrected chi connectivity index (χ3v) is 11.6. The summed E-state index contributed by atoms with van der Waals surface area (Å²) in [6.07, 6.45) is 6.65. The first-order valence-electron chi connectivity index (χ1n) is 14.9. The highest BCUT2D eigenvalue weighted by Gasteiger charge is 2.29. The second-order valence-electron chi connectivity index (χ2n) is 11.2. The van der Waals surface area contributed by atoms with Crippen LogP contribution in [0.15, 0.2) is 54.6 Å². The maximum atomic E-state index is 13.0. The number of carbonyl (C=O) groups is 2. The lowest BCUT2D eigenvalue weighted by Crippen LogP contribution is -2.42. The van der Waals surface area contributed by atoms with Gasteiger partial charge in [-0.3, -0.25) is 4.79 Å². The molecule has 0 radical (unpaired) electrons. The number of benzene rings is 2. The van der Waals surface area contributed by atoms with Gasteiger partial charge in [-0.15, -0.1) is 11.3 Å². The van der Waals surface area contributed by atoms with Crippen LogP contribution < -0.4 is 15.4 Å². The number of carbonyl (C=O) groups excluding carboxylic acids is 2. The first-order chi connectivity index (χ1) is 21.2. The smallest absolute Gasteiger partial charge is 0.351 e. The lowest BCUT2D eigenvalue weighted by Gasteiger charge is -2.32. The van der Waals surface area contributed by atoms with E-state index in [1.54, 1.807) is 4.31 Å². The highest BCUT2D eigenvalue weighted by molar-refractivity contribution is 7.88. The molecule has 2 aromatic carbocycles. The lowest BCUT2D eigenvalue weighted by atomic mass is 9.95. The van der Waals surface area contributed by atoms with Crippen LogP contribution in [-0.2, 0) is 25.3 Å². The molecule has 9 nitrogen and oxygen atoms in total. The third-order valence-electron chi connectivity index (χ3n) is 8.03. The summed E-state index contributed by atoms with van der Waals surface area (Å²) in [5.41, 5.74) is 2.41. The van der Waals surface area contributed by atoms with E-state index in [0.29, 0.717) is 30.8 Å². The molecule has 0 spiro atoms. The van der Waals surface area contributed by atoms with Gasteiger partial charge in [-0.05, 0) is 48.9 Å². The summed E-state index contributed by atoms with van der Waals surface area (Å²) in [6.45, 7) is 0.638. The molecule has 0 unspecified atom stereocenters. The molecule has 0 atom stereocenters. The van der Waals surface area contributed by atoms with E-state index in [1.165, 1.54) is 13.5 Å². The molecule has 3 aromatic rings. The minimum atomic E-state index is -3.39. The number of halogens is 1. The topological polar surface area (TPSA) is 114 Å². The van der Waals surface area contributed by atoms with Crippen LogP contribution in [0, 0.1) is 0 Å². The maximum Gasteiger partial charge on any atom is 0.351 e. The van der Waals surface area contributed by atoms with Crippen molar-refractivity contribution in [1.82, 2.24) is 9.62 Å². The van der Waals surface area contributed by atoms with Crippen LogP contribution in [0.4, 0.5) is 5.69 Å². The fraction of sp³-hybridized carbons (Fsp3) is 0.438. The van der Waals surface area contributed by atoms with Gasteiger partial charge in [-0.1, -0.05) is 73.3 Å². The summed E-state index contributed by atoms with van der Waals surface area (Å²) in [5.74, 6) is -0.699. The molecule has 1 aromatic heterocycles. The van der Waals surface area contributed by atoms with E-state index in [1.807, 2.05) is 54.6 Å². The van der Waals surface area contributed by atoms with Crippen LogP contribution >= 0.6 is 22.9 Å². The number of methoxy groups -OCH3 is 1. The van der Waals surface area contributed by atoms with E-state index < -0.39 is 16.0 Å². The van der Waals surface area contributed by atoms with Crippen molar-refractivity contribution in [3.05, 3.63) is 70.1 Å². The van der Waals surface area contributed by atoms with Crippen molar-refractivity contribution in [2.45, 2.75) is 62.8 Å². The highest BCUT2D eigenvalue weighted by Crippen LogP contribution is 2.46. The molecule has 1 aliphatic heterocycles. The highest BCUT2D eigenvalue weighted by atomic mass is 35.5. The number of nitrogens with one attached hydrogen (secondary N) is 2. The van der Waals surface area contributed by atoms with Crippen LogP contribution in [0.2, 0.25) is 5.02 Å². The second kappa shape index (κ2) is 14.8. The molecule has 1 saturated carbocycles. The minimum Gasteiger partial charge on any atom is -0.480 e. The second-order valence-corrected chi connectivity index (χ2v) is 14.6. The number of hydrogen-bond donors (Lipinski definition) is 2. The molecule has 2 fully saturated rings. The van der Waals surface area contributed by atoms with Crippen molar-refractivity contribution in [2.75, 3.05) is 32.1 Å². The van der Waals surface area contributed by atoms with Crippen molar-refractivity contribution in [3.8, 4) is 16.2 Å². The first kappa shape index (κ1) is 32.3. The van der Waals surface area contributed by atoms with E-state index in [2.05, 4.69) is 10.6 Å². The molecule has 1 aliphatic carbocycles. The molecule has 2 N–H and O–H groups in total. The van der Waals surface area contributed by atoms with Gasteiger partial charge in [-0.25, -0.2) is 17.5 Å². The Morgan fingerprint density at radius 3 is 2.41 bits per heavy atom. The molecular weight excluding hydrogens is 622 g/mol. The van der Waals surface area contributed by atoms with Gasteiger partial charge in [0, 0.05) is 30.9 Å². The monoisotopic (exact) mass is 659 g/mol. The average molecular weight is 660 g/mol. The lowest BCUT2D eigenvalue weighted by molar-refractivity contribution is -0.124. The molecule has 2 aliphatic rings. The molecule has 5 rings (SSSR count). The predicted molar refractivity (Wildman–Crippen MR) is 174 cm³/mol. The summed E-state index contributed by atoms with van der Waals surface area (Å²) >= 11 is 7.92. The van der Waals surface area contributed by atoms with E-state index >= 15 is 0 Å². The quantitative estimate of drug-likeness (QED) is 0.240. The molecule has 2 heterocycles. The number of piperidine rings is 1. The number of rotatable bonds is 11. The van der Waals surface area contributed by atoms with Gasteiger partial charge >= 0.3 is 5.97 Å². The minimum absolute atomic E-state index is 0.00000925. The summed E-state index contributed by atoms with van der Waals surface area (Å²) in [4.78, 5) is 26.0. The molecule has 12 heteroatoms. The Morgan fingerprint density at radius 1 is 0.977 bits per heavy atom. The van der Waals surface area contributed by atoms with E-state index in [4.69, 9.17) is 21.1 Å². The Morgan fingerprint density at radius 2 is 1.70 bits per heavy atom. The predicted octanol–water partition coefficient (Wildman–Crippen LogP) is 6.09. The van der Waals surface area contributed by atoms with E-state index in [-0.39, 0.29) is 46.0 Å². The first-order valence-corrected chi connectivity index (χ1v) is 17.8. The maximum absolute atomic E-state index is 13.0. The Hall–Kier alpha value is -3.12. The van der Waals surface area contributed by atoms with Gasteiger partial charge < -0.3 is 20.1 Å². The molecule has 44 heavy (non-hydrogen) atoms. The zero-order chi connectivity index (χ0) is 31.1. The van der Waals surface area contributed by atoms with Gasteiger partial charge in [0.1, 0.15) is 5.02 Å². The Kier molecular flexibility index (Phi) is 10.8. The van der Waals surface area contributed by atoms with E-state index in [0.717, 1.165) is 53.8 Å². The largest absolute Gasteiger partial charge is 0.480 e. The number of anilines is 1. The summed E-state index contributed by atoms with van der Waals surface area (Å²) in [5, 5.41) is 6.79. The van der Waals surface area contributed by atoms with Crippen LogP contribution in [0.3, 0.4) is 0 Å². The van der Waals surface area contributed by atoms with Crippen LogP contribution in [0.25, 0.3) is 10.4 Å². The van der Waals surface area contributed by atoms with E-state index in [9.17, 15) is 18.0 Å². The standard InChI is InChI=1S/C32H38ClN3O6S2/c1-41-32(38)31-29(42-20-27(37)35-24-12-6-3-7-13-24)28(33)30(43-31)23-11-8-14-26(19-23)34-25-15-17-36(18-16-25)44(39,40)21-22-9-4-2-5-10-22/h2,4-5,8-11,14,19,24-25,34H,3,6-7,12-13,15-18,20-21H2,1H3,(H,35,37). The average Bonchev–Trinajstić information content (AvgIpc) is 3.36. The number of amides is 1. The number of esters is 1. The van der Waals surface area contributed by atoms with Crippen LogP contribution in [-0.4, -0.2) is 63.5 Å². The zero-order valence-electron chi connectivity index (χ0n) is 24.7. The fourth-order valence-electron chi connectivity index (χ4n) is 5.73. The number of sulfonamides is 1. The van der Waals surface area contributed by atoms with Crippen LogP contribution in [0.1, 0.15) is 60.2 Å². The Balaban J connectivity index is 1.23. The molecule has 1 saturated heterocycles. The van der Waals surface area contributed by atoms with Gasteiger partial charge in [0.2, 0.25) is 10.0 Å². The SMILES string of the molecule is COC(=O)c1sc(-c2cccc(NC3CCN(S(=O)(=O)Cc4ccccc4)CC3)c2)c(Cl)c1OCC(=O)NC1CCCCC1. The van der Waals surface area contributed by atoms with Gasteiger partial charge in [-0.2, -0.15) is 0 Å². The van der Waals surface area contributed by atoms with Crippen LogP contribution in [0.5, 0.6) is 5.75 Å². The fourth-order valence-corrected chi connectivity index (χ4v) is 8.78. The van der Waals surface area contributed by atoms with Gasteiger partial charge in [0.05, 0.1) is 17.7 Å². The third kappa shape index (κ3) is 8.12. The van der Waals surface area contributed by atoms with Gasteiger partial charge in [0.15, 0.2) is 17.2 Å². The molecule has 0 bridgehead atoms. The Labute approximate surface area is 267 Å². The van der Waals surface area contributed by atoms with Crippen molar-refractivity contribution < 1.29 is 27.5 Å². The summed E-state index contributed by atoms with van der Waals surface area (Å²) < 4.78 is 38.3. The summed E-state index contributed by atoms with van der Waals surface area (Å²) in [7, 11) is -2.10. The molecule has 236 valence electrons. The number of ether oxygens (including phenoxy) is 2. The van der Waals surface area contributed by atoms with Crippen molar-refractivity contribution >= 4 is 50.5 Å². The normalized spacial score (nSPS) is 16.8. The Bertz CT molecular complexity index is 1550. The van der Waals surface area contributed by atoms with Crippen molar-refractivity contribution in [1.29, 1.82) is 0 Å². The zero-order valence-corrected chi connectivity index (χ0v) is 27.1. The van der Waals surface area contributed by atoms with Crippen molar-refractivity contribution in [3.63, 3.8) is 0 Å².